The molecule has 7 heteroatoms. The van der Waals surface area contributed by atoms with E-state index in [1.165, 1.54) is 0 Å². The van der Waals surface area contributed by atoms with Crippen LogP contribution in [0.3, 0.4) is 0 Å². The standard InChI is InChI=1S/C15H13Cl2N3O2/c1-14(10-4-2-9(7-18)3-5-10)12(21)20(13(22)19-14)8-11-6-15(11,16)17/h2-5,11H,6,8H2,1H3,(H,19,22)/t11-,14+/m1/s1. The second kappa shape index (κ2) is 4.87. The Balaban J connectivity index is 1.84. The highest BCUT2D eigenvalue weighted by molar-refractivity contribution is 6.50. The molecule has 3 amide bonds. The van der Waals surface area contributed by atoms with Gasteiger partial charge in [0, 0.05) is 12.5 Å². The van der Waals surface area contributed by atoms with Crippen molar-refractivity contribution >= 4 is 35.1 Å². The SMILES string of the molecule is C[C@@]1(c2ccc(C#N)cc2)NC(=O)N(C[C@H]2CC2(Cl)Cl)C1=O. The lowest BCUT2D eigenvalue weighted by atomic mass is 9.91. The van der Waals surface area contributed by atoms with Crippen LogP contribution in [0.1, 0.15) is 24.5 Å². The molecule has 0 unspecified atom stereocenters. The molecule has 22 heavy (non-hydrogen) atoms. The summed E-state index contributed by atoms with van der Waals surface area (Å²) in [5.74, 6) is -0.424. The molecule has 1 aliphatic heterocycles. The number of alkyl halides is 2. The van der Waals surface area contributed by atoms with Gasteiger partial charge in [-0.05, 0) is 31.0 Å². The Hall–Kier alpha value is -1.77. The first-order valence-corrected chi connectivity index (χ1v) is 7.56. The zero-order valence-electron chi connectivity index (χ0n) is 11.8. The van der Waals surface area contributed by atoms with Crippen LogP contribution >= 0.6 is 23.2 Å². The van der Waals surface area contributed by atoms with E-state index in [2.05, 4.69) is 5.32 Å². The van der Waals surface area contributed by atoms with Gasteiger partial charge < -0.3 is 5.32 Å². The number of imide groups is 1. The topological polar surface area (TPSA) is 73.2 Å². The molecule has 1 saturated heterocycles. The highest BCUT2D eigenvalue weighted by atomic mass is 35.5. The van der Waals surface area contributed by atoms with E-state index in [1.54, 1.807) is 31.2 Å². The van der Waals surface area contributed by atoms with E-state index in [0.29, 0.717) is 17.5 Å². The van der Waals surface area contributed by atoms with Crippen LogP contribution in [0.15, 0.2) is 24.3 Å². The van der Waals surface area contributed by atoms with E-state index in [0.717, 1.165) is 4.90 Å². The molecule has 2 fully saturated rings. The second-order valence-electron chi connectivity index (χ2n) is 5.82. The third-order valence-corrected chi connectivity index (χ3v) is 5.15. The number of nitrogens with one attached hydrogen (secondary N) is 1. The zero-order valence-corrected chi connectivity index (χ0v) is 13.3. The van der Waals surface area contributed by atoms with Crippen LogP contribution < -0.4 is 5.32 Å². The molecule has 5 nitrogen and oxygen atoms in total. The van der Waals surface area contributed by atoms with Crippen molar-refractivity contribution in [2.45, 2.75) is 23.2 Å². The Morgan fingerprint density at radius 3 is 2.45 bits per heavy atom. The Labute approximate surface area is 137 Å². The fourth-order valence-electron chi connectivity index (χ4n) is 2.62. The van der Waals surface area contributed by atoms with Crippen molar-refractivity contribution in [3.63, 3.8) is 0 Å². The quantitative estimate of drug-likeness (QED) is 0.680. The zero-order chi connectivity index (χ0) is 16.1. The summed E-state index contributed by atoms with van der Waals surface area (Å²) in [6, 6.07) is 8.14. The van der Waals surface area contributed by atoms with Gasteiger partial charge in [0.2, 0.25) is 0 Å². The number of carbonyl (C=O) groups is 2. The van der Waals surface area contributed by atoms with Gasteiger partial charge in [-0.1, -0.05) is 12.1 Å². The summed E-state index contributed by atoms with van der Waals surface area (Å²) >= 11 is 11.9. The molecular formula is C15H13Cl2N3O2. The van der Waals surface area contributed by atoms with Gasteiger partial charge in [-0.15, -0.1) is 23.2 Å². The summed E-state index contributed by atoms with van der Waals surface area (Å²) in [6.45, 7) is 1.86. The largest absolute Gasteiger partial charge is 0.325 e. The Morgan fingerprint density at radius 2 is 1.95 bits per heavy atom. The molecule has 1 heterocycles. The minimum absolute atomic E-state index is 0.0890. The van der Waals surface area contributed by atoms with Gasteiger partial charge >= 0.3 is 6.03 Å². The molecule has 2 atom stereocenters. The number of hydrogen-bond donors (Lipinski definition) is 1. The predicted molar refractivity (Wildman–Crippen MR) is 81.3 cm³/mol. The van der Waals surface area contributed by atoms with E-state index >= 15 is 0 Å². The maximum Gasteiger partial charge on any atom is 0.325 e. The van der Waals surface area contributed by atoms with Gasteiger partial charge in [-0.25, -0.2) is 4.79 Å². The summed E-state index contributed by atoms with van der Waals surface area (Å²) in [5.41, 5.74) is -0.0134. The Bertz CT molecular complexity index is 696. The van der Waals surface area contributed by atoms with Crippen LogP contribution in [-0.2, 0) is 10.3 Å². The normalized spacial score (nSPS) is 29.2. The highest BCUT2D eigenvalue weighted by Gasteiger charge is 2.56. The van der Waals surface area contributed by atoms with E-state index < -0.39 is 15.9 Å². The summed E-state index contributed by atoms with van der Waals surface area (Å²) in [7, 11) is 0. The smallest absolute Gasteiger partial charge is 0.319 e. The van der Waals surface area contributed by atoms with Crippen LogP contribution in [0.25, 0.3) is 0 Å². The average molecular weight is 338 g/mol. The van der Waals surface area contributed by atoms with Crippen LogP contribution in [-0.4, -0.2) is 27.7 Å². The minimum atomic E-state index is -1.14. The van der Waals surface area contributed by atoms with Gasteiger partial charge in [0.05, 0.1) is 11.6 Å². The van der Waals surface area contributed by atoms with Crippen LogP contribution in [0.5, 0.6) is 0 Å². The first-order chi connectivity index (χ1) is 10.3. The molecule has 1 aliphatic carbocycles. The van der Waals surface area contributed by atoms with E-state index in [1.807, 2.05) is 6.07 Å². The minimum Gasteiger partial charge on any atom is -0.319 e. The number of rotatable bonds is 3. The number of hydrogen-bond acceptors (Lipinski definition) is 3. The van der Waals surface area contributed by atoms with Crippen molar-refractivity contribution in [2.24, 2.45) is 5.92 Å². The van der Waals surface area contributed by atoms with Crippen LogP contribution in [0.4, 0.5) is 4.79 Å². The highest BCUT2D eigenvalue weighted by Crippen LogP contribution is 2.53. The van der Waals surface area contributed by atoms with Gasteiger partial charge in [0.15, 0.2) is 0 Å². The molecule has 3 rings (SSSR count). The predicted octanol–water partition coefficient (Wildman–Crippen LogP) is 2.52. The summed E-state index contributed by atoms with van der Waals surface area (Å²) in [5, 5.41) is 11.5. The molecule has 1 saturated carbocycles. The van der Waals surface area contributed by atoms with Crippen molar-refractivity contribution in [1.29, 1.82) is 5.26 Å². The molecule has 0 radical (unpaired) electrons. The first-order valence-electron chi connectivity index (χ1n) is 6.80. The summed E-state index contributed by atoms with van der Waals surface area (Å²) in [4.78, 5) is 25.9. The van der Waals surface area contributed by atoms with Crippen molar-refractivity contribution in [3.05, 3.63) is 35.4 Å². The van der Waals surface area contributed by atoms with Crippen LogP contribution in [0, 0.1) is 17.2 Å². The number of nitrogens with zero attached hydrogens (tertiary/aromatic N) is 2. The van der Waals surface area contributed by atoms with Gasteiger partial charge in [0.1, 0.15) is 9.87 Å². The van der Waals surface area contributed by atoms with Gasteiger partial charge in [-0.2, -0.15) is 5.26 Å². The van der Waals surface area contributed by atoms with Crippen molar-refractivity contribution in [2.75, 3.05) is 6.54 Å². The Kier molecular flexibility index (Phi) is 3.35. The van der Waals surface area contributed by atoms with E-state index in [9.17, 15) is 9.59 Å². The number of benzene rings is 1. The summed E-state index contributed by atoms with van der Waals surface area (Å²) in [6.07, 6.45) is 0.570. The fourth-order valence-corrected chi connectivity index (χ4v) is 3.14. The first kappa shape index (κ1) is 15.1. The third kappa shape index (κ3) is 2.33. The second-order valence-corrected chi connectivity index (χ2v) is 7.36. The van der Waals surface area contributed by atoms with Gasteiger partial charge in [0.25, 0.3) is 5.91 Å². The van der Waals surface area contributed by atoms with E-state index in [-0.39, 0.29) is 18.4 Å². The van der Waals surface area contributed by atoms with E-state index in [4.69, 9.17) is 28.5 Å². The van der Waals surface area contributed by atoms with Crippen LogP contribution in [0.2, 0.25) is 0 Å². The lowest BCUT2D eigenvalue weighted by molar-refractivity contribution is -0.131. The molecule has 1 aromatic carbocycles. The number of halogens is 2. The maximum atomic E-state index is 12.7. The average Bonchev–Trinajstić information content (AvgIpc) is 3.03. The number of urea groups is 1. The number of amides is 3. The third-order valence-electron chi connectivity index (χ3n) is 4.22. The molecule has 2 aliphatic rings. The van der Waals surface area contributed by atoms with Crippen molar-refractivity contribution in [1.82, 2.24) is 10.2 Å². The van der Waals surface area contributed by atoms with Gasteiger partial charge in [-0.3, -0.25) is 9.69 Å². The molecule has 1 N–H and O–H groups in total. The maximum absolute atomic E-state index is 12.7. The molecular weight excluding hydrogens is 325 g/mol. The molecule has 0 spiro atoms. The molecule has 114 valence electrons. The molecule has 0 aromatic heterocycles. The summed E-state index contributed by atoms with van der Waals surface area (Å²) < 4.78 is -0.839. The molecule has 0 bridgehead atoms. The lowest BCUT2D eigenvalue weighted by Gasteiger charge is -2.22. The number of nitriles is 1. The van der Waals surface area contributed by atoms with Crippen molar-refractivity contribution < 1.29 is 9.59 Å². The van der Waals surface area contributed by atoms with Crippen molar-refractivity contribution in [3.8, 4) is 6.07 Å². The molecule has 1 aromatic rings. The Morgan fingerprint density at radius 1 is 1.36 bits per heavy atom. The lowest BCUT2D eigenvalue weighted by Crippen LogP contribution is -2.41. The fraction of sp³-hybridized carbons (Fsp3) is 0.400. The number of carbonyl (C=O) groups excluding carboxylic acids is 2. The monoisotopic (exact) mass is 337 g/mol.